The third-order valence-corrected chi connectivity index (χ3v) is 7.16. The van der Waals surface area contributed by atoms with Crippen LogP contribution in [-0.4, -0.2) is 51.4 Å². The molecule has 5 N–H and O–H groups in total. The highest BCUT2D eigenvalue weighted by atomic mass is 16.2. The Morgan fingerprint density at radius 3 is 2.29 bits per heavy atom. The van der Waals surface area contributed by atoms with Crippen molar-refractivity contribution < 1.29 is 9.59 Å². The number of aromatic amines is 2. The standard InChI is InChI=1S/C28H33N5O2/c1-28(2,29)27(35)32-25(15-19-16-30-23-9-5-3-7-20(19)23)26(34)33-13-11-18(12-14-33)22-17-31-24-10-6-4-8-21(22)24/h3-10,16-18,25,30-31H,11-15,29H2,1-2H3,(H,32,35). The molecular formula is C28H33N5O2. The van der Waals surface area contributed by atoms with Crippen molar-refractivity contribution in [3.8, 4) is 0 Å². The molecule has 2 aromatic carbocycles. The third kappa shape index (κ3) is 4.68. The minimum atomic E-state index is -1.07. The zero-order valence-electron chi connectivity index (χ0n) is 20.3. The molecule has 0 radical (unpaired) electrons. The number of likely N-dealkylation sites (tertiary alicyclic amines) is 1. The first-order valence-corrected chi connectivity index (χ1v) is 12.3. The van der Waals surface area contributed by atoms with Gasteiger partial charge in [0.25, 0.3) is 0 Å². The number of carbonyl (C=O) groups is 2. The lowest BCUT2D eigenvalue weighted by atomic mass is 9.88. The van der Waals surface area contributed by atoms with E-state index in [1.165, 1.54) is 10.9 Å². The van der Waals surface area contributed by atoms with Crippen molar-refractivity contribution in [3.05, 3.63) is 72.1 Å². The van der Waals surface area contributed by atoms with Crippen LogP contribution in [0.25, 0.3) is 21.8 Å². The van der Waals surface area contributed by atoms with E-state index in [0.717, 1.165) is 34.8 Å². The van der Waals surface area contributed by atoms with E-state index in [2.05, 4.69) is 39.7 Å². The first kappa shape index (κ1) is 23.2. The fourth-order valence-corrected chi connectivity index (χ4v) is 5.13. The van der Waals surface area contributed by atoms with Crippen molar-refractivity contribution >= 4 is 33.6 Å². The maximum atomic E-state index is 13.7. The van der Waals surface area contributed by atoms with Gasteiger partial charge in [0, 0.05) is 53.7 Å². The molecule has 0 aliphatic carbocycles. The van der Waals surface area contributed by atoms with Crippen LogP contribution in [0.3, 0.4) is 0 Å². The molecule has 7 nitrogen and oxygen atoms in total. The number of nitrogens with one attached hydrogen (secondary N) is 3. The Balaban J connectivity index is 1.33. The molecule has 35 heavy (non-hydrogen) atoms. The SMILES string of the molecule is CC(C)(N)C(=O)NC(Cc1c[nH]c2ccccc12)C(=O)N1CCC(c2c[nH]c3ccccc23)CC1. The summed E-state index contributed by atoms with van der Waals surface area (Å²) in [6.07, 6.45) is 6.23. The van der Waals surface area contributed by atoms with E-state index in [9.17, 15) is 9.59 Å². The highest BCUT2D eigenvalue weighted by molar-refractivity contribution is 5.92. The molecular weight excluding hydrogens is 438 g/mol. The highest BCUT2D eigenvalue weighted by Gasteiger charge is 2.33. The number of fused-ring (bicyclic) bond motifs is 2. The van der Waals surface area contributed by atoms with Crippen LogP contribution in [0.2, 0.25) is 0 Å². The fraction of sp³-hybridized carbons (Fsp3) is 0.357. The Morgan fingerprint density at radius 1 is 1.00 bits per heavy atom. The first-order valence-electron chi connectivity index (χ1n) is 12.3. The van der Waals surface area contributed by atoms with Gasteiger partial charge in [0.15, 0.2) is 0 Å². The Kier molecular flexibility index (Phi) is 6.11. The van der Waals surface area contributed by atoms with Gasteiger partial charge in [-0.05, 0) is 55.9 Å². The number of piperidine rings is 1. The Bertz CT molecular complexity index is 1350. The lowest BCUT2D eigenvalue weighted by molar-refractivity contribution is -0.138. The second kappa shape index (κ2) is 9.23. The van der Waals surface area contributed by atoms with Gasteiger partial charge < -0.3 is 25.9 Å². The zero-order chi connectivity index (χ0) is 24.6. The summed E-state index contributed by atoms with van der Waals surface area (Å²) in [5, 5.41) is 5.26. The van der Waals surface area contributed by atoms with E-state index >= 15 is 0 Å². The van der Waals surface area contributed by atoms with Gasteiger partial charge in [-0.15, -0.1) is 0 Å². The summed E-state index contributed by atoms with van der Waals surface area (Å²) in [5.74, 6) is 0.0226. The van der Waals surface area contributed by atoms with Crippen molar-refractivity contribution in [2.45, 2.75) is 50.6 Å². The van der Waals surface area contributed by atoms with Gasteiger partial charge in [-0.1, -0.05) is 36.4 Å². The molecule has 0 saturated carbocycles. The predicted molar refractivity (Wildman–Crippen MR) is 139 cm³/mol. The van der Waals surface area contributed by atoms with E-state index in [-0.39, 0.29) is 11.8 Å². The number of nitrogens with two attached hydrogens (primary N) is 1. The zero-order valence-corrected chi connectivity index (χ0v) is 20.3. The van der Waals surface area contributed by atoms with Gasteiger partial charge in [0.1, 0.15) is 6.04 Å². The van der Waals surface area contributed by atoms with Crippen LogP contribution < -0.4 is 11.1 Å². The van der Waals surface area contributed by atoms with Crippen LogP contribution >= 0.6 is 0 Å². The van der Waals surface area contributed by atoms with Crippen molar-refractivity contribution in [3.63, 3.8) is 0 Å². The maximum Gasteiger partial charge on any atom is 0.245 e. The molecule has 182 valence electrons. The summed E-state index contributed by atoms with van der Waals surface area (Å²) in [7, 11) is 0. The number of carbonyl (C=O) groups excluding carboxylic acids is 2. The van der Waals surface area contributed by atoms with E-state index in [4.69, 9.17) is 5.73 Å². The molecule has 1 fully saturated rings. The number of nitrogens with zero attached hydrogens (tertiary/aromatic N) is 1. The van der Waals surface area contributed by atoms with E-state index in [0.29, 0.717) is 25.4 Å². The van der Waals surface area contributed by atoms with Crippen molar-refractivity contribution in [1.29, 1.82) is 0 Å². The third-order valence-electron chi connectivity index (χ3n) is 7.16. The smallest absolute Gasteiger partial charge is 0.245 e. The van der Waals surface area contributed by atoms with Gasteiger partial charge in [0.2, 0.25) is 11.8 Å². The summed E-state index contributed by atoms with van der Waals surface area (Å²) >= 11 is 0. The van der Waals surface area contributed by atoms with Gasteiger partial charge in [-0.3, -0.25) is 9.59 Å². The van der Waals surface area contributed by atoms with E-state index < -0.39 is 11.6 Å². The molecule has 2 amide bonds. The van der Waals surface area contributed by atoms with Gasteiger partial charge in [-0.25, -0.2) is 0 Å². The van der Waals surface area contributed by atoms with Gasteiger partial charge in [-0.2, -0.15) is 0 Å². The predicted octanol–water partition coefficient (Wildman–Crippen LogP) is 3.82. The van der Waals surface area contributed by atoms with Crippen molar-refractivity contribution in [2.75, 3.05) is 13.1 Å². The number of rotatable bonds is 6. The molecule has 1 aliphatic rings. The number of hydrogen-bond donors (Lipinski definition) is 4. The summed E-state index contributed by atoms with van der Waals surface area (Å²) in [6, 6.07) is 15.7. The Hall–Kier alpha value is -3.58. The van der Waals surface area contributed by atoms with Gasteiger partial charge >= 0.3 is 0 Å². The quantitative estimate of drug-likeness (QED) is 0.343. The molecule has 0 spiro atoms. The number of para-hydroxylation sites is 2. The Labute approximate surface area is 205 Å². The lowest BCUT2D eigenvalue weighted by Gasteiger charge is -2.35. The molecule has 3 heterocycles. The summed E-state index contributed by atoms with van der Waals surface area (Å²) in [5.41, 5.74) is 9.45. The molecule has 2 aromatic heterocycles. The summed E-state index contributed by atoms with van der Waals surface area (Å²) in [4.78, 5) is 35.0. The molecule has 4 aromatic rings. The summed E-state index contributed by atoms with van der Waals surface area (Å²) in [6.45, 7) is 4.63. The average Bonchev–Trinajstić information content (AvgIpc) is 3.47. The fourth-order valence-electron chi connectivity index (χ4n) is 5.13. The molecule has 1 saturated heterocycles. The van der Waals surface area contributed by atoms with E-state index in [1.54, 1.807) is 13.8 Å². The minimum absolute atomic E-state index is 0.0507. The Morgan fingerprint density at radius 2 is 1.60 bits per heavy atom. The lowest BCUT2D eigenvalue weighted by Crippen LogP contribution is -2.57. The largest absolute Gasteiger partial charge is 0.361 e. The first-order chi connectivity index (χ1) is 16.8. The van der Waals surface area contributed by atoms with Crippen LogP contribution in [-0.2, 0) is 16.0 Å². The van der Waals surface area contributed by atoms with Crippen LogP contribution in [0.15, 0.2) is 60.9 Å². The minimum Gasteiger partial charge on any atom is -0.361 e. The normalized spacial score (nSPS) is 16.0. The van der Waals surface area contributed by atoms with Crippen LogP contribution in [0.1, 0.15) is 43.7 Å². The number of H-pyrrole nitrogens is 2. The van der Waals surface area contributed by atoms with Crippen LogP contribution in [0.4, 0.5) is 0 Å². The second-order valence-corrected chi connectivity index (χ2v) is 10.2. The van der Waals surface area contributed by atoms with Crippen LogP contribution in [0, 0.1) is 0 Å². The molecule has 1 unspecified atom stereocenters. The molecule has 1 atom stereocenters. The maximum absolute atomic E-state index is 13.7. The number of aromatic nitrogens is 2. The molecule has 7 heteroatoms. The average molecular weight is 472 g/mol. The molecule has 1 aliphatic heterocycles. The highest BCUT2D eigenvalue weighted by Crippen LogP contribution is 2.33. The monoisotopic (exact) mass is 471 g/mol. The van der Waals surface area contributed by atoms with Crippen molar-refractivity contribution in [1.82, 2.24) is 20.2 Å². The summed E-state index contributed by atoms with van der Waals surface area (Å²) < 4.78 is 0. The topological polar surface area (TPSA) is 107 Å². The van der Waals surface area contributed by atoms with Crippen LogP contribution in [0.5, 0.6) is 0 Å². The van der Waals surface area contributed by atoms with E-state index in [1.807, 2.05) is 41.4 Å². The molecule has 0 bridgehead atoms. The number of hydrogen-bond acceptors (Lipinski definition) is 3. The molecule has 5 rings (SSSR count). The number of amides is 2. The second-order valence-electron chi connectivity index (χ2n) is 10.2. The number of benzene rings is 2. The van der Waals surface area contributed by atoms with Crippen molar-refractivity contribution in [2.24, 2.45) is 5.73 Å². The van der Waals surface area contributed by atoms with Gasteiger partial charge in [0.05, 0.1) is 5.54 Å².